The number of nitrogen functional groups attached to an aromatic ring is 1. The van der Waals surface area contributed by atoms with Crippen molar-refractivity contribution in [2.75, 3.05) is 0 Å². The fraction of sp³-hybridized carbons (Fsp3) is 0. The minimum Gasteiger partial charge on any atom is -0.384 e. The Morgan fingerprint density at radius 3 is 2.89 bits per heavy atom. The number of amidine groups is 1. The second-order valence-electron chi connectivity index (χ2n) is 3.85. The lowest BCUT2D eigenvalue weighted by atomic mass is 10.2. The first-order valence-corrected chi connectivity index (χ1v) is 7.19. The van der Waals surface area contributed by atoms with Gasteiger partial charge >= 0.3 is 0 Å². The van der Waals surface area contributed by atoms with Gasteiger partial charge in [0.15, 0.2) is 4.34 Å². The first-order chi connectivity index (χ1) is 9.22. The van der Waals surface area contributed by atoms with Crippen molar-refractivity contribution in [2.45, 2.75) is 9.37 Å². The summed E-state index contributed by atoms with van der Waals surface area (Å²) in [7, 11) is 0. The summed E-state index contributed by atoms with van der Waals surface area (Å²) in [6, 6.07) is 11.6. The molecule has 0 spiro atoms. The lowest BCUT2D eigenvalue weighted by Crippen LogP contribution is -2.10. The molecule has 0 bridgehead atoms. The van der Waals surface area contributed by atoms with Gasteiger partial charge in [-0.05, 0) is 36.0 Å². The van der Waals surface area contributed by atoms with E-state index in [4.69, 9.17) is 11.1 Å². The average Bonchev–Trinajstić information content (AvgIpc) is 2.81. The van der Waals surface area contributed by atoms with Crippen molar-refractivity contribution in [1.29, 1.82) is 5.41 Å². The van der Waals surface area contributed by atoms with Crippen LogP contribution >= 0.6 is 23.1 Å². The van der Waals surface area contributed by atoms with E-state index in [1.165, 1.54) is 11.8 Å². The molecule has 0 atom stereocenters. The quantitative estimate of drug-likeness (QED) is 0.573. The summed E-state index contributed by atoms with van der Waals surface area (Å²) in [6.07, 6.45) is 1.66. The Morgan fingerprint density at radius 1 is 1.26 bits per heavy atom. The summed E-state index contributed by atoms with van der Waals surface area (Å²) >= 11 is 3.12. The molecule has 0 aliphatic rings. The average molecular weight is 286 g/mol. The van der Waals surface area contributed by atoms with E-state index in [2.05, 4.69) is 16.0 Å². The third-order valence-electron chi connectivity index (χ3n) is 2.51. The Bertz CT molecular complexity index is 718. The van der Waals surface area contributed by atoms with Crippen LogP contribution < -0.4 is 5.73 Å². The van der Waals surface area contributed by atoms with Crippen LogP contribution in [0.15, 0.2) is 52.0 Å². The van der Waals surface area contributed by atoms with E-state index >= 15 is 0 Å². The second-order valence-corrected chi connectivity index (χ2v) is 6.14. The Kier molecular flexibility index (Phi) is 3.18. The number of para-hydroxylation sites is 1. The van der Waals surface area contributed by atoms with Crippen LogP contribution in [0.4, 0.5) is 0 Å². The van der Waals surface area contributed by atoms with Gasteiger partial charge in [0, 0.05) is 11.8 Å². The molecular formula is C13H10N4S2. The Hall–Kier alpha value is -1.92. The zero-order chi connectivity index (χ0) is 13.2. The van der Waals surface area contributed by atoms with Gasteiger partial charge in [-0.2, -0.15) is 0 Å². The van der Waals surface area contributed by atoms with Gasteiger partial charge in [0.25, 0.3) is 0 Å². The maximum atomic E-state index is 7.43. The number of nitrogens with one attached hydrogen (secondary N) is 1. The molecule has 1 aromatic carbocycles. The van der Waals surface area contributed by atoms with Crippen LogP contribution in [0.2, 0.25) is 0 Å². The van der Waals surface area contributed by atoms with Crippen LogP contribution in [0, 0.1) is 5.41 Å². The molecule has 0 aliphatic heterocycles. The van der Waals surface area contributed by atoms with Gasteiger partial charge in [-0.25, -0.2) is 9.97 Å². The molecule has 2 aromatic heterocycles. The molecule has 0 amide bonds. The van der Waals surface area contributed by atoms with E-state index < -0.39 is 0 Å². The highest BCUT2D eigenvalue weighted by molar-refractivity contribution is 8.01. The highest BCUT2D eigenvalue weighted by atomic mass is 32.2. The van der Waals surface area contributed by atoms with Gasteiger partial charge in [0.2, 0.25) is 0 Å². The molecule has 0 aliphatic carbocycles. The van der Waals surface area contributed by atoms with Crippen LogP contribution in [0.25, 0.3) is 10.2 Å². The molecule has 0 unspecified atom stereocenters. The van der Waals surface area contributed by atoms with Crippen LogP contribution in [-0.2, 0) is 0 Å². The molecule has 3 N–H and O–H groups in total. The minimum atomic E-state index is 0.0496. The topological polar surface area (TPSA) is 75.7 Å². The summed E-state index contributed by atoms with van der Waals surface area (Å²) < 4.78 is 2.10. The highest BCUT2D eigenvalue weighted by Crippen LogP contribution is 2.33. The number of aromatic nitrogens is 2. The number of nitrogens with two attached hydrogens (primary N) is 1. The number of rotatable bonds is 3. The van der Waals surface area contributed by atoms with Gasteiger partial charge in [0.05, 0.1) is 10.2 Å². The van der Waals surface area contributed by atoms with E-state index in [0.717, 1.165) is 19.6 Å². The largest absolute Gasteiger partial charge is 0.384 e. The van der Waals surface area contributed by atoms with Gasteiger partial charge < -0.3 is 5.73 Å². The fourth-order valence-corrected chi connectivity index (χ4v) is 3.63. The predicted octanol–water partition coefficient (Wildman–Crippen LogP) is 3.13. The van der Waals surface area contributed by atoms with Crippen molar-refractivity contribution in [3.8, 4) is 0 Å². The first kappa shape index (κ1) is 12.1. The lowest BCUT2D eigenvalue weighted by Gasteiger charge is -2.00. The monoisotopic (exact) mass is 286 g/mol. The van der Waals surface area contributed by atoms with Crippen molar-refractivity contribution in [3.63, 3.8) is 0 Å². The Labute approximate surface area is 118 Å². The third kappa shape index (κ3) is 2.59. The van der Waals surface area contributed by atoms with Crippen LogP contribution in [0.3, 0.4) is 0 Å². The Balaban J connectivity index is 1.92. The number of thiazole rings is 1. The SMILES string of the molecule is N=C(N)c1ccnc(Sc2nc3ccccc3s2)c1. The van der Waals surface area contributed by atoms with Crippen LogP contribution in [0.1, 0.15) is 5.56 Å². The number of benzene rings is 1. The lowest BCUT2D eigenvalue weighted by molar-refractivity contribution is 1.12. The molecule has 94 valence electrons. The first-order valence-electron chi connectivity index (χ1n) is 5.56. The summed E-state index contributed by atoms with van der Waals surface area (Å²) in [6.45, 7) is 0. The minimum absolute atomic E-state index is 0.0496. The third-order valence-corrected chi connectivity index (χ3v) is 4.54. The van der Waals surface area contributed by atoms with Crippen molar-refractivity contribution in [1.82, 2.24) is 9.97 Å². The molecule has 0 radical (unpaired) electrons. The van der Waals surface area contributed by atoms with Crippen LogP contribution in [-0.4, -0.2) is 15.8 Å². The van der Waals surface area contributed by atoms with Crippen molar-refractivity contribution in [3.05, 3.63) is 48.2 Å². The Morgan fingerprint density at radius 2 is 2.11 bits per heavy atom. The zero-order valence-corrected chi connectivity index (χ0v) is 11.5. The van der Waals surface area contributed by atoms with Crippen molar-refractivity contribution >= 4 is 39.2 Å². The summed E-state index contributed by atoms with van der Waals surface area (Å²) in [5.74, 6) is 0.0496. The van der Waals surface area contributed by atoms with Gasteiger partial charge in [-0.1, -0.05) is 12.1 Å². The zero-order valence-electron chi connectivity index (χ0n) is 9.83. The van der Waals surface area contributed by atoms with E-state index in [0.29, 0.717) is 5.56 Å². The number of hydrogen-bond acceptors (Lipinski definition) is 5. The summed E-state index contributed by atoms with van der Waals surface area (Å²) in [4.78, 5) is 8.80. The van der Waals surface area contributed by atoms with Gasteiger partial charge in [0.1, 0.15) is 10.9 Å². The molecule has 0 saturated carbocycles. The predicted molar refractivity (Wildman–Crippen MR) is 79.0 cm³/mol. The summed E-state index contributed by atoms with van der Waals surface area (Å²) in [5, 5.41) is 8.23. The maximum absolute atomic E-state index is 7.43. The number of pyridine rings is 1. The number of fused-ring (bicyclic) bond motifs is 1. The normalized spacial score (nSPS) is 10.7. The van der Waals surface area contributed by atoms with E-state index in [-0.39, 0.29) is 5.84 Å². The molecular weight excluding hydrogens is 276 g/mol. The van der Waals surface area contributed by atoms with Gasteiger partial charge in [-0.15, -0.1) is 11.3 Å². The number of hydrogen-bond donors (Lipinski definition) is 2. The smallest absolute Gasteiger partial charge is 0.157 e. The van der Waals surface area contributed by atoms with E-state index in [9.17, 15) is 0 Å². The molecule has 2 heterocycles. The van der Waals surface area contributed by atoms with Crippen LogP contribution in [0.5, 0.6) is 0 Å². The van der Waals surface area contributed by atoms with E-state index in [1.807, 2.05) is 18.2 Å². The molecule has 3 aromatic rings. The molecule has 19 heavy (non-hydrogen) atoms. The van der Waals surface area contributed by atoms with E-state index in [1.54, 1.807) is 29.7 Å². The summed E-state index contributed by atoms with van der Waals surface area (Å²) in [5.41, 5.74) is 7.15. The molecule has 3 rings (SSSR count). The maximum Gasteiger partial charge on any atom is 0.157 e. The fourth-order valence-electron chi connectivity index (χ4n) is 1.62. The van der Waals surface area contributed by atoms with Crippen molar-refractivity contribution in [2.24, 2.45) is 5.73 Å². The molecule has 0 fully saturated rings. The highest BCUT2D eigenvalue weighted by Gasteiger charge is 2.07. The van der Waals surface area contributed by atoms with Crippen molar-refractivity contribution < 1.29 is 0 Å². The van der Waals surface area contributed by atoms with Gasteiger partial charge in [-0.3, -0.25) is 5.41 Å². The molecule has 4 nitrogen and oxygen atoms in total. The standard InChI is InChI=1S/C13H10N4S2/c14-12(15)8-5-6-16-11(7-8)19-13-17-9-3-1-2-4-10(9)18-13/h1-7H,(H3,14,15). The molecule has 0 saturated heterocycles. The second kappa shape index (κ2) is 4.99. The molecule has 6 heteroatoms. The number of nitrogens with zero attached hydrogens (tertiary/aromatic N) is 2.